The van der Waals surface area contributed by atoms with Crippen molar-refractivity contribution >= 4 is 11.6 Å². The summed E-state index contributed by atoms with van der Waals surface area (Å²) in [5.41, 5.74) is 3.31. The molecule has 6 heteroatoms. The van der Waals surface area contributed by atoms with Gasteiger partial charge in [-0.25, -0.2) is 4.39 Å². The van der Waals surface area contributed by atoms with Gasteiger partial charge in [-0.05, 0) is 42.0 Å². The van der Waals surface area contributed by atoms with Crippen LogP contribution in [0.2, 0.25) is 0 Å². The van der Waals surface area contributed by atoms with Crippen LogP contribution in [-0.4, -0.2) is 22.8 Å². The van der Waals surface area contributed by atoms with Gasteiger partial charge in [0.1, 0.15) is 17.3 Å². The van der Waals surface area contributed by atoms with E-state index in [1.165, 1.54) is 24.3 Å². The first kappa shape index (κ1) is 19.4. The first-order valence-corrected chi connectivity index (χ1v) is 9.45. The van der Waals surface area contributed by atoms with Gasteiger partial charge >= 0.3 is 0 Å². The van der Waals surface area contributed by atoms with Gasteiger partial charge in [0.15, 0.2) is 0 Å². The fraction of sp³-hybridized carbons (Fsp3) is 0.0833. The summed E-state index contributed by atoms with van der Waals surface area (Å²) in [7, 11) is 1.59. The van der Waals surface area contributed by atoms with Crippen LogP contribution >= 0.6 is 0 Å². The molecule has 0 saturated heterocycles. The number of nitrogens with zero attached hydrogens (tertiary/aromatic N) is 2. The monoisotopic (exact) mass is 401 g/mol. The van der Waals surface area contributed by atoms with Gasteiger partial charge in [0.25, 0.3) is 5.91 Å². The molecule has 30 heavy (non-hydrogen) atoms. The van der Waals surface area contributed by atoms with Crippen molar-refractivity contribution < 1.29 is 13.9 Å². The quantitative estimate of drug-likeness (QED) is 0.495. The second-order valence-corrected chi connectivity index (χ2v) is 6.77. The number of methoxy groups -OCH3 is 1. The van der Waals surface area contributed by atoms with Crippen LogP contribution in [0.25, 0.3) is 11.3 Å². The standard InChI is InChI=1S/C24H20FN3O2/c1-30-21-9-5-8-18(14-21)23-22(24(29)26-20-12-10-19(25)11-13-20)16-28(27-23)15-17-6-3-2-4-7-17/h2-14,16H,15H2,1H3,(H,26,29). The molecule has 0 fully saturated rings. The molecule has 0 aliphatic heterocycles. The molecule has 0 spiro atoms. The summed E-state index contributed by atoms with van der Waals surface area (Å²) < 4.78 is 20.2. The highest BCUT2D eigenvalue weighted by atomic mass is 19.1. The highest BCUT2D eigenvalue weighted by Crippen LogP contribution is 2.27. The summed E-state index contributed by atoms with van der Waals surface area (Å²) in [6, 6.07) is 22.9. The van der Waals surface area contributed by atoms with Crippen molar-refractivity contribution in [3.63, 3.8) is 0 Å². The smallest absolute Gasteiger partial charge is 0.259 e. The van der Waals surface area contributed by atoms with E-state index in [9.17, 15) is 9.18 Å². The maximum atomic E-state index is 13.2. The first-order chi connectivity index (χ1) is 14.6. The number of hydrogen-bond donors (Lipinski definition) is 1. The van der Waals surface area contributed by atoms with Crippen molar-refractivity contribution in [2.75, 3.05) is 12.4 Å². The number of carbonyl (C=O) groups is 1. The lowest BCUT2D eigenvalue weighted by atomic mass is 10.1. The van der Waals surface area contributed by atoms with Crippen LogP contribution in [-0.2, 0) is 6.54 Å². The third-order valence-electron chi connectivity index (χ3n) is 4.64. The van der Waals surface area contributed by atoms with Gasteiger partial charge in [0.2, 0.25) is 0 Å². The number of aromatic nitrogens is 2. The molecule has 1 heterocycles. The minimum absolute atomic E-state index is 0.321. The Kier molecular flexibility index (Phi) is 5.57. The van der Waals surface area contributed by atoms with E-state index < -0.39 is 0 Å². The molecule has 0 atom stereocenters. The number of anilines is 1. The summed E-state index contributed by atoms with van der Waals surface area (Å²) in [4.78, 5) is 13.0. The number of nitrogens with one attached hydrogen (secondary N) is 1. The van der Waals surface area contributed by atoms with Crippen molar-refractivity contribution in [3.8, 4) is 17.0 Å². The average Bonchev–Trinajstić information content (AvgIpc) is 3.20. The lowest BCUT2D eigenvalue weighted by Gasteiger charge is -2.06. The predicted octanol–water partition coefficient (Wildman–Crippen LogP) is 5.00. The average molecular weight is 401 g/mol. The Hall–Kier alpha value is -3.93. The van der Waals surface area contributed by atoms with Crippen molar-refractivity contribution in [2.45, 2.75) is 6.54 Å². The second kappa shape index (κ2) is 8.61. The highest BCUT2D eigenvalue weighted by Gasteiger charge is 2.19. The number of carbonyl (C=O) groups excluding carboxylic acids is 1. The fourth-order valence-corrected chi connectivity index (χ4v) is 3.15. The topological polar surface area (TPSA) is 56.2 Å². The zero-order chi connectivity index (χ0) is 20.9. The van der Waals surface area contributed by atoms with Gasteiger partial charge in [0, 0.05) is 17.4 Å². The Balaban J connectivity index is 1.70. The van der Waals surface area contributed by atoms with E-state index in [4.69, 9.17) is 4.74 Å². The zero-order valence-corrected chi connectivity index (χ0v) is 16.4. The number of ether oxygens (including phenoxy) is 1. The molecule has 1 amide bonds. The Labute approximate surface area is 173 Å². The van der Waals surface area contributed by atoms with E-state index in [0.717, 1.165) is 11.1 Å². The molecule has 0 unspecified atom stereocenters. The van der Waals surface area contributed by atoms with E-state index in [-0.39, 0.29) is 11.7 Å². The highest BCUT2D eigenvalue weighted by molar-refractivity contribution is 6.08. The third-order valence-corrected chi connectivity index (χ3v) is 4.64. The number of benzene rings is 3. The minimum atomic E-state index is -0.360. The summed E-state index contributed by atoms with van der Waals surface area (Å²) >= 11 is 0. The minimum Gasteiger partial charge on any atom is -0.497 e. The lowest BCUT2D eigenvalue weighted by molar-refractivity contribution is 0.102. The Morgan fingerprint density at radius 1 is 1.03 bits per heavy atom. The van der Waals surface area contributed by atoms with Gasteiger partial charge in [-0.2, -0.15) is 5.10 Å². The predicted molar refractivity (Wildman–Crippen MR) is 114 cm³/mol. The number of hydrogen-bond acceptors (Lipinski definition) is 3. The summed E-state index contributed by atoms with van der Waals surface area (Å²) in [5.74, 6) is -0.00510. The molecular weight excluding hydrogens is 381 g/mol. The Morgan fingerprint density at radius 3 is 2.53 bits per heavy atom. The molecule has 5 nitrogen and oxygen atoms in total. The molecule has 3 aromatic carbocycles. The molecule has 150 valence electrons. The molecule has 0 aliphatic carbocycles. The summed E-state index contributed by atoms with van der Waals surface area (Å²) in [6.07, 6.45) is 1.72. The number of amides is 1. The number of halogens is 1. The van der Waals surface area contributed by atoms with Crippen LogP contribution < -0.4 is 10.1 Å². The van der Waals surface area contributed by atoms with E-state index in [1.807, 2.05) is 54.6 Å². The maximum Gasteiger partial charge on any atom is 0.259 e. The molecule has 0 radical (unpaired) electrons. The van der Waals surface area contributed by atoms with Crippen molar-refractivity contribution in [1.82, 2.24) is 9.78 Å². The van der Waals surface area contributed by atoms with Crippen LogP contribution in [0.1, 0.15) is 15.9 Å². The van der Waals surface area contributed by atoms with Crippen molar-refractivity contribution in [1.29, 1.82) is 0 Å². The molecule has 4 rings (SSSR count). The van der Waals surface area contributed by atoms with Crippen LogP contribution in [0.4, 0.5) is 10.1 Å². The van der Waals surface area contributed by atoms with Gasteiger partial charge < -0.3 is 10.1 Å². The molecule has 4 aromatic rings. The molecule has 1 N–H and O–H groups in total. The molecule has 1 aromatic heterocycles. The summed E-state index contributed by atoms with van der Waals surface area (Å²) in [6.45, 7) is 0.529. The maximum absolute atomic E-state index is 13.2. The van der Waals surface area contributed by atoms with Gasteiger partial charge in [-0.15, -0.1) is 0 Å². The summed E-state index contributed by atoms with van der Waals surface area (Å²) in [5, 5.41) is 7.48. The lowest BCUT2D eigenvalue weighted by Crippen LogP contribution is -2.12. The van der Waals surface area contributed by atoms with Crippen LogP contribution in [0, 0.1) is 5.82 Å². The fourth-order valence-electron chi connectivity index (χ4n) is 3.15. The second-order valence-electron chi connectivity index (χ2n) is 6.77. The molecule has 0 aliphatic rings. The van der Waals surface area contributed by atoms with Gasteiger partial charge in [-0.3, -0.25) is 9.48 Å². The van der Waals surface area contributed by atoms with Crippen LogP contribution in [0.15, 0.2) is 85.1 Å². The third kappa shape index (κ3) is 4.38. The first-order valence-electron chi connectivity index (χ1n) is 9.45. The Morgan fingerprint density at radius 2 is 1.80 bits per heavy atom. The number of rotatable bonds is 6. The normalized spacial score (nSPS) is 10.6. The molecular formula is C24H20FN3O2. The molecule has 0 saturated carbocycles. The zero-order valence-electron chi connectivity index (χ0n) is 16.4. The van der Waals surface area contributed by atoms with E-state index in [2.05, 4.69) is 10.4 Å². The van der Waals surface area contributed by atoms with Crippen LogP contribution in [0.5, 0.6) is 5.75 Å². The van der Waals surface area contributed by atoms with E-state index in [0.29, 0.717) is 29.2 Å². The van der Waals surface area contributed by atoms with Crippen molar-refractivity contribution in [3.05, 3.63) is 102 Å². The van der Waals surface area contributed by atoms with Gasteiger partial charge in [0.05, 0.1) is 19.2 Å². The van der Waals surface area contributed by atoms with E-state index >= 15 is 0 Å². The van der Waals surface area contributed by atoms with Crippen LogP contribution in [0.3, 0.4) is 0 Å². The largest absolute Gasteiger partial charge is 0.497 e. The molecule has 0 bridgehead atoms. The van der Waals surface area contributed by atoms with E-state index in [1.54, 1.807) is 18.0 Å². The Bertz CT molecular complexity index is 1150. The SMILES string of the molecule is COc1cccc(-c2nn(Cc3ccccc3)cc2C(=O)Nc2ccc(F)cc2)c1. The van der Waals surface area contributed by atoms with Gasteiger partial charge in [-0.1, -0.05) is 42.5 Å². The van der Waals surface area contributed by atoms with Crippen molar-refractivity contribution in [2.24, 2.45) is 0 Å².